The summed E-state index contributed by atoms with van der Waals surface area (Å²) in [5, 5.41) is 2.97. The van der Waals surface area contributed by atoms with Crippen molar-refractivity contribution in [2.24, 2.45) is 0 Å². The van der Waals surface area contributed by atoms with E-state index >= 15 is 0 Å². The van der Waals surface area contributed by atoms with Crippen molar-refractivity contribution < 1.29 is 19.1 Å². The number of likely N-dealkylation sites (tertiary alicyclic amines) is 1. The summed E-state index contributed by atoms with van der Waals surface area (Å²) in [6.07, 6.45) is 1.42. The predicted octanol–water partition coefficient (Wildman–Crippen LogP) is 2.88. The maximum absolute atomic E-state index is 13.7. The van der Waals surface area contributed by atoms with Crippen LogP contribution in [0.25, 0.3) is 0 Å². The largest absolute Gasteiger partial charge is 0.353 e. The summed E-state index contributed by atoms with van der Waals surface area (Å²) >= 11 is 0. The van der Waals surface area contributed by atoms with Gasteiger partial charge in [0.1, 0.15) is 11.8 Å². The molecule has 2 aromatic carbocycles. The molecule has 174 valence electrons. The first-order valence-corrected chi connectivity index (χ1v) is 11.6. The van der Waals surface area contributed by atoms with Crippen molar-refractivity contribution in [3.8, 4) is 0 Å². The van der Waals surface area contributed by atoms with E-state index in [-0.39, 0.29) is 24.3 Å². The zero-order valence-corrected chi connectivity index (χ0v) is 19.3. The van der Waals surface area contributed by atoms with Crippen LogP contribution < -0.4 is 5.32 Å². The smallest absolute Gasteiger partial charge is 0.256 e. The average molecular weight is 450 g/mol. The van der Waals surface area contributed by atoms with Crippen molar-refractivity contribution in [3.63, 3.8) is 0 Å². The zero-order valence-electron chi connectivity index (χ0n) is 19.3. The molecule has 2 aliphatic heterocycles. The van der Waals surface area contributed by atoms with Crippen molar-refractivity contribution in [2.45, 2.75) is 51.4 Å². The van der Waals surface area contributed by atoms with Gasteiger partial charge in [0, 0.05) is 44.5 Å². The molecular weight excluding hydrogens is 418 g/mol. The fourth-order valence-corrected chi connectivity index (χ4v) is 4.63. The fraction of sp³-hybridized carbons (Fsp3) is 0.423. The van der Waals surface area contributed by atoms with Crippen LogP contribution in [0.5, 0.6) is 0 Å². The van der Waals surface area contributed by atoms with Crippen LogP contribution in [-0.2, 0) is 20.9 Å². The van der Waals surface area contributed by atoms with Gasteiger partial charge >= 0.3 is 0 Å². The maximum atomic E-state index is 13.7. The van der Waals surface area contributed by atoms with Crippen LogP contribution in [0, 0.1) is 6.92 Å². The van der Waals surface area contributed by atoms with Crippen LogP contribution in [0.15, 0.2) is 54.6 Å². The minimum Gasteiger partial charge on any atom is -0.353 e. The Morgan fingerprint density at radius 3 is 2.33 bits per heavy atom. The van der Waals surface area contributed by atoms with Gasteiger partial charge in [-0.3, -0.25) is 19.3 Å². The molecule has 1 spiro atoms. The number of nitrogens with zero attached hydrogens (tertiary/aromatic N) is 2. The lowest BCUT2D eigenvalue weighted by molar-refractivity contribution is -0.143. The summed E-state index contributed by atoms with van der Waals surface area (Å²) in [5.74, 6) is -0.359. The Morgan fingerprint density at radius 2 is 1.70 bits per heavy atom. The first-order chi connectivity index (χ1) is 15.9. The third-order valence-electron chi connectivity index (χ3n) is 6.59. The Hall–Kier alpha value is -3.19. The van der Waals surface area contributed by atoms with Crippen molar-refractivity contribution in [1.29, 1.82) is 0 Å². The number of carbonyl (C=O) groups is 3. The van der Waals surface area contributed by atoms with Crippen molar-refractivity contribution in [2.75, 3.05) is 19.7 Å². The number of nitrogens with one attached hydrogen (secondary N) is 1. The standard InChI is InChI=1S/C26H31N3O4/c1-3-23(30)28-15-13-26(14-16-28)29(25(32)21-11-9-19(2)10-12-21)22(18-33-26)24(31)27-17-20-7-5-4-6-8-20/h4-12,22H,3,13-18H2,1-2H3,(H,27,31)/t22-/m0/s1. The summed E-state index contributed by atoms with van der Waals surface area (Å²) in [7, 11) is 0. The molecule has 1 atom stereocenters. The molecule has 0 bridgehead atoms. The fourth-order valence-electron chi connectivity index (χ4n) is 4.63. The first-order valence-electron chi connectivity index (χ1n) is 11.6. The number of piperidine rings is 1. The molecule has 2 heterocycles. The molecular formula is C26H31N3O4. The van der Waals surface area contributed by atoms with Gasteiger partial charge in [-0.05, 0) is 24.6 Å². The monoisotopic (exact) mass is 449 g/mol. The topological polar surface area (TPSA) is 79.0 Å². The predicted molar refractivity (Wildman–Crippen MR) is 124 cm³/mol. The molecule has 0 aliphatic carbocycles. The lowest BCUT2D eigenvalue weighted by Gasteiger charge is -2.44. The van der Waals surface area contributed by atoms with Gasteiger partial charge in [-0.1, -0.05) is 55.0 Å². The number of ether oxygens (including phenoxy) is 1. The van der Waals surface area contributed by atoms with Crippen LogP contribution in [0.4, 0.5) is 0 Å². The van der Waals surface area contributed by atoms with E-state index in [1.807, 2.05) is 61.2 Å². The lowest BCUT2D eigenvalue weighted by atomic mass is 9.96. The lowest BCUT2D eigenvalue weighted by Crippen LogP contribution is -2.59. The minimum atomic E-state index is -0.888. The Kier molecular flexibility index (Phi) is 6.79. The second-order valence-corrected chi connectivity index (χ2v) is 8.75. The van der Waals surface area contributed by atoms with E-state index in [1.165, 1.54) is 0 Å². The zero-order chi connectivity index (χ0) is 23.4. The van der Waals surface area contributed by atoms with E-state index in [0.29, 0.717) is 44.5 Å². The minimum absolute atomic E-state index is 0.0939. The van der Waals surface area contributed by atoms with Gasteiger partial charge in [0.2, 0.25) is 11.8 Å². The third kappa shape index (κ3) is 4.78. The van der Waals surface area contributed by atoms with Gasteiger partial charge in [-0.25, -0.2) is 0 Å². The molecule has 2 aromatic rings. The number of benzene rings is 2. The number of amides is 3. The van der Waals surface area contributed by atoms with Crippen molar-refractivity contribution >= 4 is 17.7 Å². The first kappa shape index (κ1) is 23.0. The number of hydrogen-bond donors (Lipinski definition) is 1. The summed E-state index contributed by atoms with van der Waals surface area (Å²) < 4.78 is 6.21. The van der Waals surface area contributed by atoms with E-state index in [2.05, 4.69) is 5.32 Å². The molecule has 0 saturated carbocycles. The summed E-state index contributed by atoms with van der Waals surface area (Å²) in [6, 6.07) is 16.3. The molecule has 2 fully saturated rings. The van der Waals surface area contributed by atoms with Gasteiger partial charge in [0.15, 0.2) is 0 Å². The molecule has 2 saturated heterocycles. The van der Waals surface area contributed by atoms with E-state index in [0.717, 1.165) is 11.1 Å². The molecule has 7 nitrogen and oxygen atoms in total. The number of rotatable bonds is 5. The van der Waals surface area contributed by atoms with Crippen molar-refractivity contribution in [1.82, 2.24) is 15.1 Å². The highest BCUT2D eigenvalue weighted by Gasteiger charge is 2.54. The molecule has 0 radical (unpaired) electrons. The van der Waals surface area contributed by atoms with Crippen LogP contribution in [0.3, 0.4) is 0 Å². The molecule has 3 amide bonds. The van der Waals surface area contributed by atoms with Crippen LogP contribution >= 0.6 is 0 Å². The van der Waals surface area contributed by atoms with E-state index in [4.69, 9.17) is 4.74 Å². The molecule has 7 heteroatoms. The molecule has 1 N–H and O–H groups in total. The average Bonchev–Trinajstić information content (AvgIpc) is 3.21. The van der Waals surface area contributed by atoms with Gasteiger partial charge < -0.3 is 15.0 Å². The quantitative estimate of drug-likeness (QED) is 0.761. The summed E-state index contributed by atoms with van der Waals surface area (Å²) in [6.45, 7) is 5.34. The van der Waals surface area contributed by atoms with Gasteiger partial charge in [-0.15, -0.1) is 0 Å². The normalized spacial score (nSPS) is 19.5. The summed E-state index contributed by atoms with van der Waals surface area (Å²) in [5.41, 5.74) is 1.68. The number of aryl methyl sites for hydroxylation is 1. The maximum Gasteiger partial charge on any atom is 0.256 e. The molecule has 4 rings (SSSR count). The Morgan fingerprint density at radius 1 is 1.03 bits per heavy atom. The van der Waals surface area contributed by atoms with Gasteiger partial charge in [-0.2, -0.15) is 0 Å². The second kappa shape index (κ2) is 9.75. The SMILES string of the molecule is CCC(=O)N1CCC2(CC1)OC[C@@H](C(=O)NCc1ccccc1)N2C(=O)c1ccc(C)cc1. The Bertz CT molecular complexity index is 998. The highest BCUT2D eigenvalue weighted by Crippen LogP contribution is 2.38. The van der Waals surface area contributed by atoms with E-state index < -0.39 is 11.8 Å². The van der Waals surface area contributed by atoms with E-state index in [9.17, 15) is 14.4 Å². The highest BCUT2D eigenvalue weighted by atomic mass is 16.5. The van der Waals surface area contributed by atoms with E-state index in [1.54, 1.807) is 17.0 Å². The van der Waals surface area contributed by atoms with Crippen LogP contribution in [0.1, 0.15) is 47.7 Å². The number of hydrogen-bond acceptors (Lipinski definition) is 4. The van der Waals surface area contributed by atoms with Crippen LogP contribution in [-0.4, -0.2) is 59.0 Å². The van der Waals surface area contributed by atoms with Gasteiger partial charge in [0.25, 0.3) is 5.91 Å². The van der Waals surface area contributed by atoms with Gasteiger partial charge in [0.05, 0.1) is 6.61 Å². The molecule has 33 heavy (non-hydrogen) atoms. The molecule has 0 aromatic heterocycles. The number of carbonyl (C=O) groups excluding carboxylic acids is 3. The Labute approximate surface area is 194 Å². The van der Waals surface area contributed by atoms with Crippen LogP contribution in [0.2, 0.25) is 0 Å². The summed E-state index contributed by atoms with van der Waals surface area (Å²) in [4.78, 5) is 42.5. The third-order valence-corrected chi connectivity index (χ3v) is 6.59. The molecule has 2 aliphatic rings. The molecule has 0 unspecified atom stereocenters. The highest BCUT2D eigenvalue weighted by molar-refractivity contribution is 5.98. The van der Waals surface area contributed by atoms with Crippen molar-refractivity contribution in [3.05, 3.63) is 71.3 Å². The second-order valence-electron chi connectivity index (χ2n) is 8.75. The Balaban J connectivity index is 1.57.